The Morgan fingerprint density at radius 2 is 1.20 bits per heavy atom. The van der Waals surface area contributed by atoms with Crippen LogP contribution in [0.3, 0.4) is 0 Å². The average Bonchev–Trinajstić information content (AvgIpc) is 3.82. The maximum Gasteiger partial charge on any atom is 0.137 e. The quantitative estimate of drug-likeness (QED) is 0.170. The first-order valence-electron chi connectivity index (χ1n) is 19.0. The van der Waals surface area contributed by atoms with E-state index in [-0.39, 0.29) is 0 Å². The van der Waals surface area contributed by atoms with Crippen molar-refractivity contribution in [3.8, 4) is 33.4 Å². The number of furan rings is 1. The van der Waals surface area contributed by atoms with Gasteiger partial charge in [0.15, 0.2) is 0 Å². The highest BCUT2D eigenvalue weighted by molar-refractivity contribution is 7.19. The lowest BCUT2D eigenvalue weighted by Crippen LogP contribution is -2.11. The van der Waals surface area contributed by atoms with Crippen LogP contribution in [0, 0.1) is 0 Å². The molecule has 0 saturated carbocycles. The third-order valence-corrected chi connectivity index (χ3v) is 12.4. The third-order valence-electron chi connectivity index (χ3n) is 11.1. The number of thiophene rings is 1. The van der Waals surface area contributed by atoms with Crippen molar-refractivity contribution in [3.05, 3.63) is 192 Å². The van der Waals surface area contributed by atoms with Gasteiger partial charge >= 0.3 is 0 Å². The Labute approximate surface area is 323 Å². The molecular weight excluding hydrogens is 687 g/mol. The zero-order valence-electron chi connectivity index (χ0n) is 30.1. The van der Waals surface area contributed by atoms with Crippen molar-refractivity contribution in [3.63, 3.8) is 0 Å². The molecule has 3 heteroatoms. The van der Waals surface area contributed by atoms with Crippen LogP contribution < -0.4 is 4.90 Å². The molecule has 260 valence electrons. The lowest BCUT2D eigenvalue weighted by atomic mass is 9.94. The summed E-state index contributed by atoms with van der Waals surface area (Å²) in [5, 5.41) is 6.12. The smallest absolute Gasteiger partial charge is 0.137 e. The molecule has 1 aliphatic rings. The van der Waals surface area contributed by atoms with Crippen molar-refractivity contribution in [2.45, 2.75) is 12.8 Å². The van der Waals surface area contributed by atoms with Gasteiger partial charge in [0.2, 0.25) is 0 Å². The molecule has 0 spiro atoms. The Morgan fingerprint density at radius 1 is 0.491 bits per heavy atom. The second-order valence-electron chi connectivity index (χ2n) is 14.3. The summed E-state index contributed by atoms with van der Waals surface area (Å²) in [5.74, 6) is 0. The number of anilines is 3. The number of hydrogen-bond donors (Lipinski definition) is 0. The Bertz CT molecular complexity index is 3100. The monoisotopic (exact) mass is 721 g/mol. The van der Waals surface area contributed by atoms with E-state index in [2.05, 4.69) is 181 Å². The van der Waals surface area contributed by atoms with E-state index < -0.39 is 0 Å². The van der Waals surface area contributed by atoms with Crippen LogP contribution in [-0.4, -0.2) is 0 Å². The van der Waals surface area contributed by atoms with Crippen LogP contribution in [0.1, 0.15) is 16.9 Å². The molecule has 0 unspecified atom stereocenters. The third kappa shape index (κ3) is 5.39. The van der Waals surface area contributed by atoms with Crippen LogP contribution in [-0.2, 0) is 6.42 Å². The Morgan fingerprint density at radius 3 is 2.15 bits per heavy atom. The second-order valence-corrected chi connectivity index (χ2v) is 15.5. The summed E-state index contributed by atoms with van der Waals surface area (Å²) in [6.45, 7) is 0. The van der Waals surface area contributed by atoms with Crippen molar-refractivity contribution in [1.29, 1.82) is 0 Å². The van der Waals surface area contributed by atoms with Gasteiger partial charge in [-0.2, -0.15) is 0 Å². The van der Waals surface area contributed by atoms with Gasteiger partial charge in [-0.25, -0.2) is 0 Å². The van der Waals surface area contributed by atoms with Gasteiger partial charge in [0.25, 0.3) is 0 Å². The normalized spacial score (nSPS) is 12.5. The zero-order valence-corrected chi connectivity index (χ0v) is 30.9. The van der Waals surface area contributed by atoms with E-state index in [1.54, 1.807) is 0 Å². The number of allylic oxidation sites excluding steroid dienone is 1. The summed E-state index contributed by atoms with van der Waals surface area (Å²) in [5.41, 5.74) is 13.6. The van der Waals surface area contributed by atoms with Crippen LogP contribution in [0.2, 0.25) is 0 Å². The first-order valence-corrected chi connectivity index (χ1v) is 19.8. The molecule has 0 aliphatic heterocycles. The summed E-state index contributed by atoms with van der Waals surface area (Å²) in [4.78, 5) is 3.89. The van der Waals surface area contributed by atoms with E-state index in [0.717, 1.165) is 57.4 Å². The lowest BCUT2D eigenvalue weighted by Gasteiger charge is -2.28. The molecule has 10 aromatic rings. The topological polar surface area (TPSA) is 16.4 Å². The minimum absolute atomic E-state index is 0.875. The molecule has 1 aliphatic carbocycles. The predicted octanol–water partition coefficient (Wildman–Crippen LogP) is 15.4. The fraction of sp³-hybridized carbons (Fsp3) is 0.0385. The van der Waals surface area contributed by atoms with Crippen LogP contribution in [0.4, 0.5) is 17.1 Å². The molecule has 8 aromatic carbocycles. The van der Waals surface area contributed by atoms with E-state index in [4.69, 9.17) is 4.42 Å². The minimum Gasteiger partial charge on any atom is -0.456 e. The number of nitrogens with zero attached hydrogens (tertiary/aromatic N) is 1. The van der Waals surface area contributed by atoms with Crippen molar-refractivity contribution in [2.24, 2.45) is 0 Å². The fourth-order valence-corrected chi connectivity index (χ4v) is 9.78. The molecule has 0 bridgehead atoms. The maximum absolute atomic E-state index is 6.47. The number of fused-ring (bicyclic) bond motifs is 7. The van der Waals surface area contributed by atoms with Crippen LogP contribution in [0.25, 0.3) is 82.3 Å². The van der Waals surface area contributed by atoms with Gasteiger partial charge in [-0.3, -0.25) is 0 Å². The summed E-state index contributed by atoms with van der Waals surface area (Å²) >= 11 is 1.94. The van der Waals surface area contributed by atoms with Gasteiger partial charge in [0.1, 0.15) is 11.2 Å². The Kier molecular flexibility index (Phi) is 7.53. The van der Waals surface area contributed by atoms with Crippen LogP contribution >= 0.6 is 11.3 Å². The molecule has 2 nitrogen and oxygen atoms in total. The number of benzene rings is 8. The molecule has 0 saturated heterocycles. The minimum atomic E-state index is 0.875. The second kappa shape index (κ2) is 13.0. The molecule has 55 heavy (non-hydrogen) atoms. The summed E-state index contributed by atoms with van der Waals surface area (Å²) in [6, 6.07) is 63.7. The molecule has 0 radical (unpaired) electrons. The summed E-state index contributed by atoms with van der Waals surface area (Å²) in [6.07, 6.45) is 6.87. The van der Waals surface area contributed by atoms with Gasteiger partial charge in [-0.1, -0.05) is 140 Å². The maximum atomic E-state index is 6.47. The number of hydrogen-bond acceptors (Lipinski definition) is 3. The van der Waals surface area contributed by atoms with Crippen molar-refractivity contribution < 1.29 is 4.42 Å². The molecule has 0 amide bonds. The molecular formula is C52H35NOS. The standard InChI is InChI=1S/C52H35NOS/c1-2-16-40-35(12-1)13-10-20-41(40)36-28-26-34(27-29-36)37-14-9-15-38(32-37)53(39-30-31-44-43-18-4-7-23-48(43)54-49(44)33-39)47-22-6-3-17-42(47)45-21-11-25-51-52(45)46-19-5-8-24-50(46)55-51/h1-7,9-23,25-33H,8,24H2. The lowest BCUT2D eigenvalue weighted by molar-refractivity contribution is 0.669. The number of rotatable bonds is 6. The van der Waals surface area contributed by atoms with E-state index >= 15 is 0 Å². The van der Waals surface area contributed by atoms with E-state index in [1.165, 1.54) is 59.1 Å². The van der Waals surface area contributed by atoms with E-state index in [1.807, 2.05) is 23.5 Å². The Balaban J connectivity index is 1.08. The van der Waals surface area contributed by atoms with E-state index in [9.17, 15) is 0 Å². The highest BCUT2D eigenvalue weighted by atomic mass is 32.1. The molecule has 2 aromatic heterocycles. The summed E-state index contributed by atoms with van der Waals surface area (Å²) in [7, 11) is 0. The highest BCUT2D eigenvalue weighted by Gasteiger charge is 2.22. The number of para-hydroxylation sites is 2. The largest absolute Gasteiger partial charge is 0.456 e. The average molecular weight is 722 g/mol. The van der Waals surface area contributed by atoms with Gasteiger partial charge < -0.3 is 9.32 Å². The van der Waals surface area contributed by atoms with Crippen LogP contribution in [0.15, 0.2) is 186 Å². The van der Waals surface area contributed by atoms with Crippen molar-refractivity contribution in [1.82, 2.24) is 0 Å². The molecule has 2 heterocycles. The Hall–Kier alpha value is -6.68. The van der Waals surface area contributed by atoms with Crippen molar-refractivity contribution >= 4 is 77.3 Å². The predicted molar refractivity (Wildman–Crippen MR) is 235 cm³/mol. The van der Waals surface area contributed by atoms with Crippen LogP contribution in [0.5, 0.6) is 0 Å². The molecule has 11 rings (SSSR count). The van der Waals surface area contributed by atoms with Gasteiger partial charge in [-0.15, -0.1) is 11.3 Å². The van der Waals surface area contributed by atoms with Gasteiger partial charge in [0.05, 0.1) is 5.69 Å². The van der Waals surface area contributed by atoms with Crippen molar-refractivity contribution in [2.75, 3.05) is 4.90 Å². The first-order chi connectivity index (χ1) is 27.3. The summed E-state index contributed by atoms with van der Waals surface area (Å²) < 4.78 is 7.81. The van der Waals surface area contributed by atoms with Gasteiger partial charge in [-0.05, 0) is 99.5 Å². The first kappa shape index (κ1) is 31.8. The number of aryl methyl sites for hydroxylation is 1. The fourth-order valence-electron chi connectivity index (χ4n) is 8.54. The molecule has 0 atom stereocenters. The molecule has 0 N–H and O–H groups in total. The highest BCUT2D eigenvalue weighted by Crippen LogP contribution is 2.47. The zero-order chi connectivity index (χ0) is 36.3. The SMILES string of the molecule is C1=Cc2c(sc3cccc(-c4ccccc4N(c4cccc(-c5ccc(-c6cccc7ccccc67)cc5)c4)c4ccc5c(c4)oc4ccccc45)c23)CC1. The van der Waals surface area contributed by atoms with E-state index in [0.29, 0.717) is 0 Å². The molecule has 0 fully saturated rings. The van der Waals surface area contributed by atoms with Gasteiger partial charge in [0, 0.05) is 48.7 Å².